The van der Waals surface area contributed by atoms with E-state index in [1.54, 1.807) is 12.1 Å². The fraction of sp³-hybridized carbons (Fsp3) is 0.360. The van der Waals surface area contributed by atoms with Crippen LogP contribution < -0.4 is 4.74 Å². The number of halogens is 1. The lowest BCUT2D eigenvalue weighted by Gasteiger charge is -2.39. The van der Waals surface area contributed by atoms with E-state index in [-0.39, 0.29) is 11.9 Å². The van der Waals surface area contributed by atoms with Gasteiger partial charge < -0.3 is 19.8 Å². The summed E-state index contributed by atoms with van der Waals surface area (Å²) in [5.41, 5.74) is 1.34. The van der Waals surface area contributed by atoms with Crippen molar-refractivity contribution >= 4 is 11.9 Å². The normalized spacial score (nSPS) is 20.9. The Hall–Kier alpha value is -3.19. The average molecular weight is 441 g/mol. The van der Waals surface area contributed by atoms with Crippen LogP contribution in [-0.4, -0.2) is 52.8 Å². The van der Waals surface area contributed by atoms with Crippen LogP contribution in [0.2, 0.25) is 0 Å². The molecule has 4 rings (SSSR count). The first-order valence-corrected chi connectivity index (χ1v) is 10.7. The molecule has 1 saturated heterocycles. The van der Waals surface area contributed by atoms with E-state index >= 15 is 0 Å². The zero-order valence-corrected chi connectivity index (χ0v) is 17.8. The summed E-state index contributed by atoms with van der Waals surface area (Å²) in [5.74, 6) is -0.696. The van der Waals surface area contributed by atoms with E-state index in [9.17, 15) is 14.0 Å². The van der Waals surface area contributed by atoms with Gasteiger partial charge >= 0.3 is 11.9 Å². The fourth-order valence-corrected chi connectivity index (χ4v) is 3.82. The second kappa shape index (κ2) is 11.4. The Bertz CT molecular complexity index is 896. The number of benzene rings is 2. The third kappa shape index (κ3) is 7.81. The van der Waals surface area contributed by atoms with Crippen LogP contribution in [0.5, 0.6) is 5.75 Å². The molecule has 6 nitrogen and oxygen atoms in total. The van der Waals surface area contributed by atoms with E-state index in [4.69, 9.17) is 14.9 Å². The highest BCUT2D eigenvalue weighted by Gasteiger charge is 2.34. The molecule has 170 valence electrons. The number of carbonyl (C=O) groups is 2. The number of hydrogen-bond donors (Lipinski definition) is 2. The van der Waals surface area contributed by atoms with Gasteiger partial charge in [-0.25, -0.2) is 14.0 Å². The van der Waals surface area contributed by atoms with Crippen molar-refractivity contribution in [3.05, 3.63) is 78.1 Å². The van der Waals surface area contributed by atoms with Crippen molar-refractivity contribution in [3.8, 4) is 5.75 Å². The van der Waals surface area contributed by atoms with E-state index in [1.807, 2.05) is 0 Å². The summed E-state index contributed by atoms with van der Waals surface area (Å²) < 4.78 is 19.4. The molecule has 0 bridgehead atoms. The SMILES string of the molecule is Fc1ccc(O[C@H]2CCN(CC3CC3)C[C@H]2c2ccccc2)cc1.O=C(O)/C=C/C(=O)O. The number of rotatable bonds is 7. The molecule has 0 amide bonds. The highest BCUT2D eigenvalue weighted by atomic mass is 19.1. The molecule has 2 N–H and O–H groups in total. The fourth-order valence-electron chi connectivity index (χ4n) is 3.82. The summed E-state index contributed by atoms with van der Waals surface area (Å²) >= 11 is 0. The summed E-state index contributed by atoms with van der Waals surface area (Å²) in [6, 6.07) is 17.1. The van der Waals surface area contributed by atoms with E-state index < -0.39 is 11.9 Å². The molecule has 2 aromatic rings. The Morgan fingerprint density at radius 2 is 1.59 bits per heavy atom. The van der Waals surface area contributed by atoms with Gasteiger partial charge in [0.05, 0.1) is 0 Å². The van der Waals surface area contributed by atoms with Gasteiger partial charge in [-0.2, -0.15) is 0 Å². The molecular formula is C25H28FNO5. The third-order valence-electron chi connectivity index (χ3n) is 5.54. The quantitative estimate of drug-likeness (QED) is 0.627. The molecule has 1 aliphatic heterocycles. The molecule has 2 fully saturated rings. The van der Waals surface area contributed by atoms with Crippen LogP contribution in [0.1, 0.15) is 30.7 Å². The molecule has 0 spiro atoms. The maximum absolute atomic E-state index is 13.1. The number of ether oxygens (including phenoxy) is 1. The minimum absolute atomic E-state index is 0.147. The Morgan fingerprint density at radius 1 is 0.969 bits per heavy atom. The van der Waals surface area contributed by atoms with Gasteiger partial charge in [-0.15, -0.1) is 0 Å². The maximum Gasteiger partial charge on any atom is 0.328 e. The molecule has 0 aromatic heterocycles. The molecular weight excluding hydrogens is 413 g/mol. The van der Waals surface area contributed by atoms with Crippen LogP contribution in [0.25, 0.3) is 0 Å². The minimum Gasteiger partial charge on any atom is -0.490 e. The van der Waals surface area contributed by atoms with Crippen LogP contribution in [0.3, 0.4) is 0 Å². The van der Waals surface area contributed by atoms with Gasteiger partial charge in [0.15, 0.2) is 0 Å². The number of piperidine rings is 1. The molecule has 2 atom stereocenters. The Balaban J connectivity index is 0.000000312. The molecule has 1 saturated carbocycles. The number of carboxylic acids is 2. The number of carboxylic acid groups (broad SMARTS) is 2. The van der Waals surface area contributed by atoms with Crippen molar-refractivity contribution in [3.63, 3.8) is 0 Å². The van der Waals surface area contributed by atoms with Gasteiger partial charge in [-0.3, -0.25) is 0 Å². The first-order valence-electron chi connectivity index (χ1n) is 10.7. The number of hydrogen-bond acceptors (Lipinski definition) is 4. The summed E-state index contributed by atoms with van der Waals surface area (Å²) in [5, 5.41) is 15.6. The topological polar surface area (TPSA) is 87.1 Å². The smallest absolute Gasteiger partial charge is 0.328 e. The molecule has 2 aromatic carbocycles. The summed E-state index contributed by atoms with van der Waals surface area (Å²) in [4.78, 5) is 21.7. The summed E-state index contributed by atoms with van der Waals surface area (Å²) in [7, 11) is 0. The van der Waals surface area contributed by atoms with Gasteiger partial charge in [0, 0.05) is 37.7 Å². The van der Waals surface area contributed by atoms with Crippen molar-refractivity contribution < 1.29 is 28.9 Å². The van der Waals surface area contributed by atoms with Gasteiger partial charge in [-0.1, -0.05) is 30.3 Å². The molecule has 0 unspecified atom stereocenters. The van der Waals surface area contributed by atoms with Crippen molar-refractivity contribution in [2.75, 3.05) is 19.6 Å². The van der Waals surface area contributed by atoms with E-state index in [1.165, 1.54) is 37.1 Å². The van der Waals surface area contributed by atoms with E-state index in [0.717, 1.165) is 31.2 Å². The summed E-state index contributed by atoms with van der Waals surface area (Å²) in [6.45, 7) is 3.37. The minimum atomic E-state index is -1.26. The lowest BCUT2D eigenvalue weighted by molar-refractivity contribution is -0.134. The largest absolute Gasteiger partial charge is 0.490 e. The first-order chi connectivity index (χ1) is 15.4. The predicted molar refractivity (Wildman–Crippen MR) is 118 cm³/mol. The molecule has 0 radical (unpaired) electrons. The van der Waals surface area contributed by atoms with Crippen LogP contribution >= 0.6 is 0 Å². The molecule has 2 aliphatic rings. The maximum atomic E-state index is 13.1. The molecule has 1 aliphatic carbocycles. The van der Waals surface area contributed by atoms with Crippen LogP contribution in [-0.2, 0) is 9.59 Å². The Labute approximate surface area is 186 Å². The van der Waals surface area contributed by atoms with E-state index in [2.05, 4.69) is 35.2 Å². The van der Waals surface area contributed by atoms with Crippen LogP contribution in [0.4, 0.5) is 4.39 Å². The van der Waals surface area contributed by atoms with Crippen molar-refractivity contribution in [1.29, 1.82) is 0 Å². The van der Waals surface area contributed by atoms with Crippen LogP contribution in [0, 0.1) is 11.7 Å². The Morgan fingerprint density at radius 3 is 2.16 bits per heavy atom. The molecule has 7 heteroatoms. The second-order valence-electron chi connectivity index (χ2n) is 8.13. The number of likely N-dealkylation sites (tertiary alicyclic amines) is 1. The molecule has 1 heterocycles. The third-order valence-corrected chi connectivity index (χ3v) is 5.54. The van der Waals surface area contributed by atoms with Gasteiger partial charge in [0.1, 0.15) is 17.7 Å². The first kappa shape index (κ1) is 23.5. The van der Waals surface area contributed by atoms with E-state index in [0.29, 0.717) is 18.1 Å². The van der Waals surface area contributed by atoms with Gasteiger partial charge in [0.25, 0.3) is 0 Å². The van der Waals surface area contributed by atoms with Crippen molar-refractivity contribution in [2.24, 2.45) is 5.92 Å². The standard InChI is InChI=1S/C21H24FNO.C4H4O4/c22-18-8-10-19(11-9-18)24-21-12-13-23(14-16-6-7-16)15-20(21)17-4-2-1-3-5-17;5-3(6)1-2-4(7)8/h1-5,8-11,16,20-21H,6-7,12-15H2;1-2H,(H,5,6)(H,7,8)/b;2-1+/t20-,21-;/m0./s1. The lowest BCUT2D eigenvalue weighted by atomic mass is 9.87. The predicted octanol–water partition coefficient (Wildman–Crippen LogP) is 4.18. The van der Waals surface area contributed by atoms with Gasteiger partial charge in [-0.05, 0) is 55.0 Å². The van der Waals surface area contributed by atoms with Crippen molar-refractivity contribution in [2.45, 2.75) is 31.3 Å². The molecule has 32 heavy (non-hydrogen) atoms. The van der Waals surface area contributed by atoms with Crippen LogP contribution in [0.15, 0.2) is 66.7 Å². The van der Waals surface area contributed by atoms with Gasteiger partial charge in [0.2, 0.25) is 0 Å². The highest BCUT2D eigenvalue weighted by Crippen LogP contribution is 2.35. The lowest BCUT2D eigenvalue weighted by Crippen LogP contribution is -2.44. The van der Waals surface area contributed by atoms with Crippen molar-refractivity contribution in [1.82, 2.24) is 4.90 Å². The second-order valence-corrected chi connectivity index (χ2v) is 8.13. The number of nitrogens with zero attached hydrogens (tertiary/aromatic N) is 1. The summed E-state index contributed by atoms with van der Waals surface area (Å²) in [6.07, 6.45) is 5.06. The number of aliphatic carboxylic acids is 2. The average Bonchev–Trinajstić information content (AvgIpc) is 3.60. The Kier molecular flexibility index (Phi) is 8.39. The zero-order chi connectivity index (χ0) is 22.9. The zero-order valence-electron chi connectivity index (χ0n) is 17.8. The highest BCUT2D eigenvalue weighted by molar-refractivity contribution is 5.89. The monoisotopic (exact) mass is 441 g/mol.